The van der Waals surface area contributed by atoms with E-state index in [0.29, 0.717) is 38.5 Å². The minimum absolute atomic E-state index is 0.0368. The van der Waals surface area contributed by atoms with Crippen LogP contribution in [0.5, 0.6) is 0 Å². The van der Waals surface area contributed by atoms with Gasteiger partial charge in [0.05, 0.1) is 24.5 Å². The number of fused-ring (bicyclic) bond motifs is 1. The van der Waals surface area contributed by atoms with Crippen LogP contribution in [0.1, 0.15) is 6.42 Å². The molecule has 2 aliphatic rings. The number of morpholine rings is 1. The van der Waals surface area contributed by atoms with Crippen molar-refractivity contribution in [1.82, 2.24) is 19.9 Å². The van der Waals surface area contributed by atoms with Gasteiger partial charge in [-0.05, 0) is 18.6 Å². The van der Waals surface area contributed by atoms with Gasteiger partial charge in [-0.25, -0.2) is 15.0 Å². The third kappa shape index (κ3) is 2.72. The monoisotopic (exact) mass is 313 g/mol. The maximum Gasteiger partial charge on any atom is 0.227 e. The second kappa shape index (κ2) is 6.08. The maximum atomic E-state index is 12.6. The van der Waals surface area contributed by atoms with Crippen molar-refractivity contribution in [3.63, 3.8) is 0 Å². The fourth-order valence-electron chi connectivity index (χ4n) is 3.33. The number of hydrogen-bond acceptors (Lipinski definition) is 6. The number of rotatable bonds is 2. The first-order valence-corrected chi connectivity index (χ1v) is 8.00. The van der Waals surface area contributed by atoms with Gasteiger partial charge < -0.3 is 14.5 Å². The van der Waals surface area contributed by atoms with E-state index in [1.807, 2.05) is 17.0 Å². The third-order valence-corrected chi connectivity index (χ3v) is 4.55. The highest BCUT2D eigenvalue weighted by Crippen LogP contribution is 2.28. The summed E-state index contributed by atoms with van der Waals surface area (Å²) < 4.78 is 5.32. The van der Waals surface area contributed by atoms with Crippen molar-refractivity contribution in [3.05, 3.63) is 24.7 Å². The molecule has 2 aromatic rings. The predicted octanol–water partition coefficient (Wildman–Crippen LogP) is 0.710. The second-order valence-electron chi connectivity index (χ2n) is 5.94. The highest BCUT2D eigenvalue weighted by Gasteiger charge is 2.33. The number of pyridine rings is 1. The van der Waals surface area contributed by atoms with Crippen molar-refractivity contribution in [3.8, 4) is 0 Å². The van der Waals surface area contributed by atoms with Gasteiger partial charge in [-0.3, -0.25) is 4.79 Å². The van der Waals surface area contributed by atoms with Crippen molar-refractivity contribution in [2.75, 3.05) is 44.3 Å². The summed E-state index contributed by atoms with van der Waals surface area (Å²) in [5.41, 5.74) is 0.695. The van der Waals surface area contributed by atoms with Gasteiger partial charge in [-0.1, -0.05) is 0 Å². The van der Waals surface area contributed by atoms with Gasteiger partial charge in [0, 0.05) is 32.4 Å². The van der Waals surface area contributed by atoms with E-state index >= 15 is 0 Å². The number of carbonyl (C=O) groups is 1. The predicted molar refractivity (Wildman–Crippen MR) is 85.1 cm³/mol. The van der Waals surface area contributed by atoms with E-state index in [1.54, 1.807) is 12.5 Å². The number of nitrogens with zero attached hydrogens (tertiary/aromatic N) is 5. The molecule has 1 amide bonds. The summed E-state index contributed by atoms with van der Waals surface area (Å²) in [6, 6.07) is 3.87. The first-order valence-electron chi connectivity index (χ1n) is 8.00. The van der Waals surface area contributed by atoms with Gasteiger partial charge in [0.1, 0.15) is 12.1 Å². The Morgan fingerprint density at radius 1 is 1.17 bits per heavy atom. The first-order chi connectivity index (χ1) is 11.3. The molecule has 2 fully saturated rings. The Morgan fingerprint density at radius 2 is 2.04 bits per heavy atom. The Balaban J connectivity index is 1.52. The molecule has 2 saturated heterocycles. The zero-order valence-electron chi connectivity index (χ0n) is 12.9. The van der Waals surface area contributed by atoms with E-state index in [9.17, 15) is 4.79 Å². The summed E-state index contributed by atoms with van der Waals surface area (Å²) in [6.45, 7) is 4.24. The van der Waals surface area contributed by atoms with Gasteiger partial charge in [-0.15, -0.1) is 0 Å². The van der Waals surface area contributed by atoms with Crippen LogP contribution < -0.4 is 4.90 Å². The average Bonchev–Trinajstić information content (AvgIpc) is 3.11. The molecular weight excluding hydrogens is 294 g/mol. The second-order valence-corrected chi connectivity index (χ2v) is 5.94. The molecule has 0 aliphatic carbocycles. The molecule has 1 unspecified atom stereocenters. The van der Waals surface area contributed by atoms with Gasteiger partial charge in [0.25, 0.3) is 0 Å². The lowest BCUT2D eigenvalue weighted by atomic mass is 10.1. The molecule has 0 radical (unpaired) electrons. The Kier molecular flexibility index (Phi) is 3.78. The van der Waals surface area contributed by atoms with Crippen LogP contribution >= 0.6 is 0 Å². The molecule has 2 aromatic heterocycles. The maximum absolute atomic E-state index is 12.6. The summed E-state index contributed by atoms with van der Waals surface area (Å²) >= 11 is 0. The first kappa shape index (κ1) is 14.3. The Morgan fingerprint density at radius 3 is 2.91 bits per heavy atom. The number of aromatic nitrogens is 3. The lowest BCUT2D eigenvalue weighted by Crippen LogP contribution is -2.44. The smallest absolute Gasteiger partial charge is 0.227 e. The SMILES string of the molecule is O=C(C1CCN(c2ncnc3ncccc23)C1)N1CCOCC1. The van der Waals surface area contributed by atoms with E-state index in [4.69, 9.17) is 4.74 Å². The molecule has 7 heteroatoms. The zero-order chi connectivity index (χ0) is 15.6. The molecule has 0 saturated carbocycles. The van der Waals surface area contributed by atoms with Gasteiger partial charge >= 0.3 is 0 Å². The molecule has 4 heterocycles. The molecule has 0 N–H and O–H groups in total. The van der Waals surface area contributed by atoms with Crippen LogP contribution in [0.3, 0.4) is 0 Å². The highest BCUT2D eigenvalue weighted by atomic mass is 16.5. The van der Waals surface area contributed by atoms with Crippen LogP contribution in [0.25, 0.3) is 11.0 Å². The topological polar surface area (TPSA) is 71.5 Å². The minimum atomic E-state index is 0.0368. The van der Waals surface area contributed by atoms with Crippen LogP contribution in [0.15, 0.2) is 24.7 Å². The normalized spacial score (nSPS) is 21.8. The Hall–Kier alpha value is -2.28. The van der Waals surface area contributed by atoms with Crippen molar-refractivity contribution < 1.29 is 9.53 Å². The summed E-state index contributed by atoms with van der Waals surface area (Å²) in [5.74, 6) is 1.16. The fourth-order valence-corrected chi connectivity index (χ4v) is 3.33. The standard InChI is InChI=1S/C16H19N5O2/c22-16(20-6-8-23-9-7-20)12-3-5-21(10-12)15-13-2-1-4-17-14(13)18-11-19-15/h1-2,4,11-12H,3,5-10H2. The van der Waals surface area contributed by atoms with Crippen molar-refractivity contribution in [2.45, 2.75) is 6.42 Å². The molecule has 0 bridgehead atoms. The van der Waals surface area contributed by atoms with E-state index in [1.165, 1.54) is 0 Å². The molecular formula is C16H19N5O2. The average molecular weight is 313 g/mol. The largest absolute Gasteiger partial charge is 0.378 e. The molecule has 120 valence electrons. The summed E-state index contributed by atoms with van der Waals surface area (Å²) in [6.07, 6.45) is 4.14. The zero-order valence-corrected chi connectivity index (χ0v) is 12.9. The third-order valence-electron chi connectivity index (χ3n) is 4.55. The summed E-state index contributed by atoms with van der Waals surface area (Å²) in [7, 11) is 0. The fraction of sp³-hybridized carbons (Fsp3) is 0.500. The van der Waals surface area contributed by atoms with E-state index in [2.05, 4.69) is 19.9 Å². The number of anilines is 1. The molecule has 4 rings (SSSR count). The molecule has 1 atom stereocenters. The molecule has 23 heavy (non-hydrogen) atoms. The lowest BCUT2D eigenvalue weighted by Gasteiger charge is -2.29. The van der Waals surface area contributed by atoms with Crippen LogP contribution in [0, 0.1) is 5.92 Å². The Labute approximate surface area is 134 Å². The molecule has 7 nitrogen and oxygen atoms in total. The van der Waals surface area contributed by atoms with Gasteiger partial charge in [-0.2, -0.15) is 0 Å². The molecule has 0 aromatic carbocycles. The number of ether oxygens (including phenoxy) is 1. The summed E-state index contributed by atoms with van der Waals surface area (Å²) in [4.78, 5) is 29.6. The Bertz CT molecular complexity index is 711. The molecule has 0 spiro atoms. The van der Waals surface area contributed by atoms with E-state index in [0.717, 1.165) is 24.2 Å². The lowest BCUT2D eigenvalue weighted by molar-refractivity contribution is -0.138. The van der Waals surface area contributed by atoms with Crippen molar-refractivity contribution in [2.24, 2.45) is 5.92 Å². The number of carbonyl (C=O) groups excluding carboxylic acids is 1. The van der Waals surface area contributed by atoms with Gasteiger partial charge in [0.2, 0.25) is 5.91 Å². The van der Waals surface area contributed by atoms with Crippen LogP contribution in [-0.4, -0.2) is 65.2 Å². The van der Waals surface area contributed by atoms with E-state index in [-0.39, 0.29) is 11.8 Å². The minimum Gasteiger partial charge on any atom is -0.378 e. The number of hydrogen-bond donors (Lipinski definition) is 0. The van der Waals surface area contributed by atoms with Crippen LogP contribution in [0.2, 0.25) is 0 Å². The molecule has 2 aliphatic heterocycles. The van der Waals surface area contributed by atoms with Gasteiger partial charge in [0.15, 0.2) is 5.65 Å². The highest BCUT2D eigenvalue weighted by molar-refractivity contribution is 5.87. The van der Waals surface area contributed by atoms with Crippen LogP contribution in [-0.2, 0) is 9.53 Å². The quantitative estimate of drug-likeness (QED) is 0.813. The summed E-state index contributed by atoms with van der Waals surface area (Å²) in [5, 5.41) is 0.939. The van der Waals surface area contributed by atoms with Crippen molar-refractivity contribution >= 4 is 22.8 Å². The van der Waals surface area contributed by atoms with Crippen molar-refractivity contribution in [1.29, 1.82) is 0 Å². The number of amides is 1. The van der Waals surface area contributed by atoms with E-state index < -0.39 is 0 Å². The van der Waals surface area contributed by atoms with Crippen LogP contribution in [0.4, 0.5) is 5.82 Å².